The van der Waals surface area contributed by atoms with Gasteiger partial charge in [0.25, 0.3) is 0 Å². The monoisotopic (exact) mass is 380 g/mol. The summed E-state index contributed by atoms with van der Waals surface area (Å²) in [6.07, 6.45) is 1.26. The zero-order valence-electron chi connectivity index (χ0n) is 16.5. The first-order valence-electron chi connectivity index (χ1n) is 10.0. The van der Waals surface area contributed by atoms with Crippen LogP contribution in [0.1, 0.15) is 23.1 Å². The van der Waals surface area contributed by atoms with Crippen LogP contribution < -0.4 is 4.74 Å². The summed E-state index contributed by atoms with van der Waals surface area (Å²) in [6.45, 7) is 4.71. The van der Waals surface area contributed by atoms with E-state index in [-0.39, 0.29) is 12.0 Å². The number of benzene rings is 2. The third kappa shape index (κ3) is 4.37. The zero-order chi connectivity index (χ0) is 19.3. The molecular formula is C23H28N2O3. The summed E-state index contributed by atoms with van der Waals surface area (Å²) in [5, 5.41) is 0. The van der Waals surface area contributed by atoms with E-state index in [4.69, 9.17) is 9.47 Å². The number of fused-ring (bicyclic) bond motifs is 1. The molecule has 2 aromatic rings. The Hall–Kier alpha value is -2.37. The summed E-state index contributed by atoms with van der Waals surface area (Å²) in [7, 11) is 1.70. The second-order valence-electron chi connectivity index (χ2n) is 7.58. The van der Waals surface area contributed by atoms with Crippen molar-refractivity contribution in [3.63, 3.8) is 0 Å². The molecule has 5 nitrogen and oxygen atoms in total. The first-order chi connectivity index (χ1) is 13.7. The maximum Gasteiger partial charge on any atom is 0.225 e. The second kappa shape index (κ2) is 8.76. The molecule has 148 valence electrons. The zero-order valence-corrected chi connectivity index (χ0v) is 16.5. The van der Waals surface area contributed by atoms with Gasteiger partial charge in [-0.25, -0.2) is 0 Å². The highest BCUT2D eigenvalue weighted by Gasteiger charge is 2.28. The molecule has 2 aliphatic rings. The third-order valence-electron chi connectivity index (χ3n) is 5.67. The van der Waals surface area contributed by atoms with Crippen LogP contribution in [0.25, 0.3) is 0 Å². The predicted octanol–water partition coefficient (Wildman–Crippen LogP) is 2.87. The van der Waals surface area contributed by atoms with E-state index in [2.05, 4.69) is 35.2 Å². The first-order valence-corrected chi connectivity index (χ1v) is 10.0. The van der Waals surface area contributed by atoms with Crippen LogP contribution in [0.15, 0.2) is 48.5 Å². The molecule has 28 heavy (non-hydrogen) atoms. The molecule has 0 saturated carbocycles. The Morgan fingerprint density at radius 3 is 2.82 bits per heavy atom. The number of morpholine rings is 1. The summed E-state index contributed by atoms with van der Waals surface area (Å²) in [6, 6.07) is 16.6. The van der Waals surface area contributed by atoms with Crippen molar-refractivity contribution in [1.29, 1.82) is 0 Å². The van der Waals surface area contributed by atoms with Gasteiger partial charge in [-0.05, 0) is 23.6 Å². The lowest BCUT2D eigenvalue weighted by Crippen LogP contribution is -2.45. The van der Waals surface area contributed by atoms with Crippen molar-refractivity contribution in [2.24, 2.45) is 0 Å². The molecule has 0 bridgehead atoms. The van der Waals surface area contributed by atoms with Gasteiger partial charge in [0.2, 0.25) is 5.91 Å². The molecule has 2 heterocycles. The highest BCUT2D eigenvalue weighted by atomic mass is 16.5. The Morgan fingerprint density at radius 2 is 2.00 bits per heavy atom. The predicted molar refractivity (Wildman–Crippen MR) is 108 cm³/mol. The summed E-state index contributed by atoms with van der Waals surface area (Å²) >= 11 is 0. The molecule has 2 aromatic carbocycles. The molecule has 1 unspecified atom stereocenters. The van der Waals surface area contributed by atoms with E-state index in [9.17, 15) is 4.79 Å². The van der Waals surface area contributed by atoms with Crippen molar-refractivity contribution >= 4 is 5.91 Å². The minimum Gasteiger partial charge on any atom is -0.496 e. The van der Waals surface area contributed by atoms with Crippen molar-refractivity contribution in [2.75, 3.05) is 33.4 Å². The molecular weight excluding hydrogens is 352 g/mol. The van der Waals surface area contributed by atoms with Gasteiger partial charge < -0.3 is 14.4 Å². The van der Waals surface area contributed by atoms with Crippen LogP contribution in [0.4, 0.5) is 0 Å². The van der Waals surface area contributed by atoms with Crippen LogP contribution in [0, 0.1) is 0 Å². The van der Waals surface area contributed by atoms with Crippen LogP contribution in [0.3, 0.4) is 0 Å². The molecule has 0 aromatic heterocycles. The lowest BCUT2D eigenvalue weighted by Gasteiger charge is -2.35. The average Bonchev–Trinajstić information content (AvgIpc) is 2.74. The fourth-order valence-electron chi connectivity index (χ4n) is 4.19. The topological polar surface area (TPSA) is 42.0 Å². The van der Waals surface area contributed by atoms with Crippen molar-refractivity contribution in [2.45, 2.75) is 32.0 Å². The van der Waals surface area contributed by atoms with Gasteiger partial charge in [-0.15, -0.1) is 0 Å². The lowest BCUT2D eigenvalue weighted by atomic mass is 9.98. The van der Waals surface area contributed by atoms with Gasteiger partial charge in [0, 0.05) is 38.3 Å². The molecule has 5 heteroatoms. The summed E-state index contributed by atoms with van der Waals surface area (Å²) in [5.41, 5.74) is 3.72. The largest absolute Gasteiger partial charge is 0.496 e. The number of nitrogens with zero attached hydrogens (tertiary/aromatic N) is 2. The van der Waals surface area contributed by atoms with Gasteiger partial charge >= 0.3 is 0 Å². The number of rotatable bonds is 5. The number of carbonyl (C=O) groups is 1. The van der Waals surface area contributed by atoms with Crippen molar-refractivity contribution in [1.82, 2.24) is 9.80 Å². The molecule has 0 N–H and O–H groups in total. The SMILES string of the molecule is COc1cccc2c1CCN(C(=O)CC1CN(Cc3ccccc3)CCO1)C2. The highest BCUT2D eigenvalue weighted by Crippen LogP contribution is 2.28. The van der Waals surface area contributed by atoms with E-state index in [0.29, 0.717) is 19.6 Å². The molecule has 4 rings (SSSR count). The van der Waals surface area contributed by atoms with E-state index in [1.165, 1.54) is 16.7 Å². The fourth-order valence-corrected chi connectivity index (χ4v) is 4.19. The average molecular weight is 380 g/mol. The maximum atomic E-state index is 12.9. The fraction of sp³-hybridized carbons (Fsp3) is 0.435. The molecule has 1 saturated heterocycles. The number of hydrogen-bond acceptors (Lipinski definition) is 4. The van der Waals surface area contributed by atoms with Crippen molar-refractivity contribution in [3.8, 4) is 5.75 Å². The maximum absolute atomic E-state index is 12.9. The number of amides is 1. The van der Waals surface area contributed by atoms with Gasteiger partial charge in [0.1, 0.15) is 5.75 Å². The van der Waals surface area contributed by atoms with E-state index < -0.39 is 0 Å². The second-order valence-corrected chi connectivity index (χ2v) is 7.58. The Labute approximate surface area is 166 Å². The standard InChI is InChI=1S/C23H28N2O3/c1-27-22-9-5-8-19-16-25(11-10-21(19)22)23(26)14-20-17-24(12-13-28-20)15-18-6-3-2-4-7-18/h2-9,20H,10-17H2,1H3. The number of ether oxygens (including phenoxy) is 2. The Morgan fingerprint density at radius 1 is 1.14 bits per heavy atom. The molecule has 1 fully saturated rings. The quantitative estimate of drug-likeness (QED) is 0.800. The number of methoxy groups -OCH3 is 1. The van der Waals surface area contributed by atoms with Crippen molar-refractivity contribution in [3.05, 3.63) is 65.2 Å². The summed E-state index contributed by atoms with van der Waals surface area (Å²) < 4.78 is 11.4. The van der Waals surface area contributed by atoms with E-state index in [1.54, 1.807) is 7.11 Å². The Balaban J connectivity index is 1.33. The number of hydrogen-bond donors (Lipinski definition) is 0. The highest BCUT2D eigenvalue weighted by molar-refractivity contribution is 5.77. The van der Waals surface area contributed by atoms with E-state index >= 15 is 0 Å². The number of carbonyl (C=O) groups excluding carboxylic acids is 1. The molecule has 2 aliphatic heterocycles. The van der Waals surface area contributed by atoms with E-state index in [1.807, 2.05) is 23.1 Å². The van der Waals surface area contributed by atoms with Crippen molar-refractivity contribution < 1.29 is 14.3 Å². The van der Waals surface area contributed by atoms with Gasteiger partial charge in [-0.2, -0.15) is 0 Å². The van der Waals surface area contributed by atoms with E-state index in [0.717, 1.165) is 38.3 Å². The summed E-state index contributed by atoms with van der Waals surface area (Å²) in [4.78, 5) is 17.2. The van der Waals surface area contributed by atoms with Crippen LogP contribution >= 0.6 is 0 Å². The van der Waals surface area contributed by atoms with Crippen LogP contribution in [-0.2, 0) is 29.0 Å². The minimum atomic E-state index is -0.0309. The van der Waals surface area contributed by atoms with Crippen LogP contribution in [0.2, 0.25) is 0 Å². The third-order valence-corrected chi connectivity index (χ3v) is 5.67. The smallest absolute Gasteiger partial charge is 0.225 e. The molecule has 0 spiro atoms. The normalized spacial score (nSPS) is 19.9. The molecule has 0 aliphatic carbocycles. The molecule has 1 amide bonds. The Bertz CT molecular complexity index is 809. The van der Waals surface area contributed by atoms with Gasteiger partial charge in [0.15, 0.2) is 0 Å². The lowest BCUT2D eigenvalue weighted by molar-refractivity contribution is -0.137. The molecule has 0 radical (unpaired) electrons. The first kappa shape index (κ1) is 19.0. The Kier molecular flexibility index (Phi) is 5.93. The van der Waals surface area contributed by atoms with Crippen LogP contribution in [0.5, 0.6) is 5.75 Å². The van der Waals surface area contributed by atoms with Crippen LogP contribution in [-0.4, -0.2) is 55.2 Å². The molecule has 1 atom stereocenters. The minimum absolute atomic E-state index is 0.0309. The van der Waals surface area contributed by atoms with Gasteiger partial charge in [-0.3, -0.25) is 9.69 Å². The summed E-state index contributed by atoms with van der Waals surface area (Å²) in [5.74, 6) is 1.11. The van der Waals surface area contributed by atoms with Gasteiger partial charge in [-0.1, -0.05) is 42.5 Å². The van der Waals surface area contributed by atoms with Gasteiger partial charge in [0.05, 0.1) is 26.2 Å².